The summed E-state index contributed by atoms with van der Waals surface area (Å²) in [6.45, 7) is 1.77. The monoisotopic (exact) mass is 438 g/mol. The first-order chi connectivity index (χ1) is 13.1. The zero-order valence-electron chi connectivity index (χ0n) is 14.6. The van der Waals surface area contributed by atoms with Crippen LogP contribution in [0.4, 0.5) is 0 Å². The Hall–Kier alpha value is -2.32. The van der Waals surface area contributed by atoms with Crippen molar-refractivity contribution in [3.8, 4) is 11.3 Å². The van der Waals surface area contributed by atoms with E-state index in [0.717, 1.165) is 0 Å². The molecule has 0 spiro atoms. The molecule has 3 rings (SSSR count). The van der Waals surface area contributed by atoms with E-state index in [0.29, 0.717) is 26.9 Å². The van der Waals surface area contributed by atoms with Crippen LogP contribution >= 0.6 is 23.2 Å². The van der Waals surface area contributed by atoms with Gasteiger partial charge in [-0.25, -0.2) is 13.6 Å². The van der Waals surface area contributed by atoms with E-state index >= 15 is 0 Å². The maximum absolute atomic E-state index is 12.5. The minimum absolute atomic E-state index is 0.00490. The molecule has 0 fully saturated rings. The Labute approximate surface area is 172 Å². The largest absolute Gasteiger partial charge is 0.451 e. The number of amides is 1. The molecule has 1 heterocycles. The summed E-state index contributed by atoms with van der Waals surface area (Å²) in [5.74, 6) is 0.144. The Bertz CT molecular complexity index is 1130. The molecular formula is C19H16Cl2N2O4S. The number of primary sulfonamides is 1. The lowest BCUT2D eigenvalue weighted by molar-refractivity contribution is 0.0912. The SMILES string of the molecule is CC(NC(=O)c1ccc(-c2ccc(Cl)cc2Cl)o1)c1ccc(S(N)(=O)=O)cc1. The minimum Gasteiger partial charge on any atom is -0.451 e. The molecule has 0 bridgehead atoms. The zero-order valence-corrected chi connectivity index (χ0v) is 17.0. The molecule has 2 aromatic carbocycles. The van der Waals surface area contributed by atoms with E-state index in [4.69, 9.17) is 32.8 Å². The van der Waals surface area contributed by atoms with Crippen molar-refractivity contribution in [1.29, 1.82) is 0 Å². The van der Waals surface area contributed by atoms with Crippen molar-refractivity contribution >= 4 is 39.1 Å². The summed E-state index contributed by atoms with van der Waals surface area (Å²) in [6, 6.07) is 13.8. The predicted molar refractivity (Wildman–Crippen MR) is 108 cm³/mol. The fraction of sp³-hybridized carbons (Fsp3) is 0.105. The van der Waals surface area contributed by atoms with Crippen LogP contribution in [0.25, 0.3) is 11.3 Å². The van der Waals surface area contributed by atoms with Gasteiger partial charge >= 0.3 is 0 Å². The predicted octanol–water partition coefficient (Wildman–Crippen LogP) is 4.39. The van der Waals surface area contributed by atoms with Crippen LogP contribution in [0, 0.1) is 0 Å². The van der Waals surface area contributed by atoms with Crippen LogP contribution in [-0.4, -0.2) is 14.3 Å². The minimum atomic E-state index is -3.76. The number of nitrogens with one attached hydrogen (secondary N) is 1. The van der Waals surface area contributed by atoms with Crippen molar-refractivity contribution < 1.29 is 17.6 Å². The van der Waals surface area contributed by atoms with E-state index in [1.54, 1.807) is 49.4 Å². The maximum atomic E-state index is 12.5. The van der Waals surface area contributed by atoms with E-state index < -0.39 is 15.9 Å². The molecule has 3 N–H and O–H groups in total. The molecule has 1 unspecified atom stereocenters. The number of hydrogen-bond donors (Lipinski definition) is 2. The normalized spacial score (nSPS) is 12.6. The van der Waals surface area contributed by atoms with Gasteiger partial charge in [0.15, 0.2) is 5.76 Å². The number of halogens is 2. The molecule has 0 aliphatic heterocycles. The number of hydrogen-bond acceptors (Lipinski definition) is 4. The summed E-state index contributed by atoms with van der Waals surface area (Å²) in [6.07, 6.45) is 0. The summed E-state index contributed by atoms with van der Waals surface area (Å²) in [7, 11) is -3.76. The number of carbonyl (C=O) groups is 1. The van der Waals surface area contributed by atoms with Crippen LogP contribution in [0.5, 0.6) is 0 Å². The highest BCUT2D eigenvalue weighted by atomic mass is 35.5. The summed E-state index contributed by atoms with van der Waals surface area (Å²) < 4.78 is 28.3. The molecule has 0 radical (unpaired) electrons. The van der Waals surface area contributed by atoms with Crippen LogP contribution in [-0.2, 0) is 10.0 Å². The highest BCUT2D eigenvalue weighted by Crippen LogP contribution is 2.31. The second-order valence-corrected chi connectivity index (χ2v) is 8.50. The van der Waals surface area contributed by atoms with Crippen LogP contribution in [0.2, 0.25) is 10.0 Å². The number of sulfonamides is 1. The van der Waals surface area contributed by atoms with Gasteiger partial charge in [-0.05, 0) is 55.0 Å². The third-order valence-corrected chi connectivity index (χ3v) is 5.56. The van der Waals surface area contributed by atoms with Gasteiger partial charge in [-0.2, -0.15) is 0 Å². The van der Waals surface area contributed by atoms with E-state index in [1.807, 2.05) is 0 Å². The van der Waals surface area contributed by atoms with Crippen molar-refractivity contribution in [3.63, 3.8) is 0 Å². The summed E-state index contributed by atoms with van der Waals surface area (Å²) >= 11 is 12.1. The molecule has 28 heavy (non-hydrogen) atoms. The molecule has 9 heteroatoms. The Morgan fingerprint density at radius 1 is 1.07 bits per heavy atom. The van der Waals surface area contributed by atoms with Crippen molar-refractivity contribution in [2.24, 2.45) is 5.14 Å². The fourth-order valence-electron chi connectivity index (χ4n) is 2.59. The van der Waals surface area contributed by atoms with Gasteiger partial charge in [-0.15, -0.1) is 0 Å². The van der Waals surface area contributed by atoms with Gasteiger partial charge in [-0.1, -0.05) is 35.3 Å². The summed E-state index contributed by atoms with van der Waals surface area (Å²) in [4.78, 5) is 12.5. The Kier molecular flexibility index (Phi) is 5.81. The molecule has 1 amide bonds. The summed E-state index contributed by atoms with van der Waals surface area (Å²) in [5.41, 5.74) is 1.34. The van der Waals surface area contributed by atoms with E-state index in [9.17, 15) is 13.2 Å². The first-order valence-corrected chi connectivity index (χ1v) is 10.4. The van der Waals surface area contributed by atoms with E-state index in [2.05, 4.69) is 5.32 Å². The second-order valence-electron chi connectivity index (χ2n) is 6.10. The van der Waals surface area contributed by atoms with Crippen LogP contribution in [0.15, 0.2) is 63.9 Å². The maximum Gasteiger partial charge on any atom is 0.287 e. The molecule has 1 atom stereocenters. The third kappa shape index (κ3) is 4.56. The average Bonchev–Trinajstić information content (AvgIpc) is 3.11. The first kappa shape index (κ1) is 20.4. The van der Waals surface area contributed by atoms with Crippen molar-refractivity contribution in [2.75, 3.05) is 0 Å². The number of rotatable bonds is 5. The first-order valence-electron chi connectivity index (χ1n) is 8.14. The molecule has 3 aromatic rings. The van der Waals surface area contributed by atoms with Crippen molar-refractivity contribution in [1.82, 2.24) is 5.32 Å². The molecule has 0 aliphatic rings. The third-order valence-electron chi connectivity index (χ3n) is 4.08. The number of benzene rings is 2. The Morgan fingerprint density at radius 2 is 1.75 bits per heavy atom. The topological polar surface area (TPSA) is 102 Å². The molecule has 0 saturated carbocycles. The Morgan fingerprint density at radius 3 is 2.36 bits per heavy atom. The smallest absolute Gasteiger partial charge is 0.287 e. The fourth-order valence-corrected chi connectivity index (χ4v) is 3.61. The van der Waals surface area contributed by atoms with Gasteiger partial charge in [0.1, 0.15) is 5.76 Å². The van der Waals surface area contributed by atoms with Crippen LogP contribution in [0.3, 0.4) is 0 Å². The van der Waals surface area contributed by atoms with Crippen LogP contribution < -0.4 is 10.5 Å². The number of furan rings is 1. The van der Waals surface area contributed by atoms with E-state index in [1.165, 1.54) is 12.1 Å². The molecular weight excluding hydrogens is 423 g/mol. The van der Waals surface area contributed by atoms with Gasteiger partial charge in [0, 0.05) is 10.6 Å². The number of nitrogens with two attached hydrogens (primary N) is 1. The second kappa shape index (κ2) is 7.97. The molecule has 1 aromatic heterocycles. The quantitative estimate of drug-likeness (QED) is 0.616. The summed E-state index contributed by atoms with van der Waals surface area (Å²) in [5, 5.41) is 8.79. The van der Waals surface area contributed by atoms with Crippen LogP contribution in [0.1, 0.15) is 29.1 Å². The lowest BCUT2D eigenvalue weighted by Crippen LogP contribution is -2.26. The van der Waals surface area contributed by atoms with Crippen molar-refractivity contribution in [2.45, 2.75) is 17.9 Å². The standard InChI is InChI=1S/C19H16Cl2N2O4S/c1-11(12-2-5-14(6-3-12)28(22,25)26)23-19(24)18-9-8-17(27-18)15-7-4-13(20)10-16(15)21/h2-11H,1H3,(H,23,24)(H2,22,25,26). The molecule has 6 nitrogen and oxygen atoms in total. The Balaban J connectivity index is 1.74. The lowest BCUT2D eigenvalue weighted by atomic mass is 10.1. The zero-order chi connectivity index (χ0) is 20.5. The van der Waals surface area contributed by atoms with Gasteiger partial charge in [0.05, 0.1) is 16.0 Å². The molecule has 146 valence electrons. The van der Waals surface area contributed by atoms with Gasteiger partial charge < -0.3 is 9.73 Å². The highest BCUT2D eigenvalue weighted by molar-refractivity contribution is 7.89. The van der Waals surface area contributed by atoms with Crippen molar-refractivity contribution in [3.05, 3.63) is 76.0 Å². The van der Waals surface area contributed by atoms with Gasteiger partial charge in [0.25, 0.3) is 5.91 Å². The highest BCUT2D eigenvalue weighted by Gasteiger charge is 2.17. The number of carbonyl (C=O) groups excluding carboxylic acids is 1. The lowest BCUT2D eigenvalue weighted by Gasteiger charge is -2.13. The van der Waals surface area contributed by atoms with Gasteiger partial charge in [0.2, 0.25) is 10.0 Å². The molecule has 0 aliphatic carbocycles. The molecule has 0 saturated heterocycles. The van der Waals surface area contributed by atoms with E-state index in [-0.39, 0.29) is 16.7 Å². The average molecular weight is 439 g/mol. The van der Waals surface area contributed by atoms with Gasteiger partial charge in [-0.3, -0.25) is 4.79 Å².